The zero-order valence-electron chi connectivity index (χ0n) is 23.1. The molecule has 0 radical (unpaired) electrons. The lowest BCUT2D eigenvalue weighted by atomic mass is 10.1. The molecule has 0 saturated heterocycles. The molecule has 0 heterocycles. The van der Waals surface area contributed by atoms with Crippen LogP contribution >= 0.6 is 11.6 Å². The Morgan fingerprint density at radius 2 is 1.62 bits per heavy atom. The maximum absolute atomic E-state index is 14.0. The summed E-state index contributed by atoms with van der Waals surface area (Å²) < 4.78 is 28.9. The Labute approximate surface area is 236 Å². The lowest BCUT2D eigenvalue weighted by Crippen LogP contribution is -2.52. The molecule has 0 bridgehead atoms. The number of likely N-dealkylation sites (N-methyl/N-ethyl adjacent to an activating group) is 1. The molecule has 9 heteroatoms. The molecule has 0 unspecified atom stereocenters. The molecular formula is C30H36ClN3O4S. The van der Waals surface area contributed by atoms with E-state index < -0.39 is 28.5 Å². The number of hydrogen-bond donors (Lipinski definition) is 1. The van der Waals surface area contributed by atoms with Crippen molar-refractivity contribution in [1.29, 1.82) is 0 Å². The minimum atomic E-state index is -4.14. The van der Waals surface area contributed by atoms with E-state index in [1.165, 1.54) is 17.0 Å². The molecule has 3 rings (SSSR count). The van der Waals surface area contributed by atoms with Crippen LogP contribution in [0.1, 0.15) is 42.5 Å². The number of rotatable bonds is 11. The fourth-order valence-electron chi connectivity index (χ4n) is 4.32. The molecule has 0 aliphatic heterocycles. The highest BCUT2D eigenvalue weighted by Crippen LogP contribution is 2.29. The second kappa shape index (κ2) is 13.1. The molecule has 2 amide bonds. The fraction of sp³-hybridized carbons (Fsp3) is 0.333. The van der Waals surface area contributed by atoms with E-state index in [2.05, 4.69) is 5.32 Å². The summed E-state index contributed by atoms with van der Waals surface area (Å²) in [4.78, 5) is 28.5. The van der Waals surface area contributed by atoms with E-state index in [0.29, 0.717) is 18.0 Å². The number of amides is 2. The predicted octanol–water partition coefficient (Wildman–Crippen LogP) is 5.40. The lowest BCUT2D eigenvalue weighted by molar-refractivity contribution is -0.140. The minimum Gasteiger partial charge on any atom is -0.355 e. The standard InChI is InChI=1S/C30H36ClN3O4S/c1-6-28(30(36)32-7-2)33(19-24-10-8-9-22(4)17-24)29(35)20-34(25-14-13-23(5)27(31)18-25)39(37,38)26-15-11-21(3)12-16-26/h8-18,28H,6-7,19-20H2,1-5H3,(H,32,36)/t28-/m0/s1. The number of hydrogen-bond acceptors (Lipinski definition) is 4. The van der Waals surface area contributed by atoms with Crippen LogP contribution in [0.2, 0.25) is 5.02 Å². The van der Waals surface area contributed by atoms with Gasteiger partial charge in [-0.15, -0.1) is 0 Å². The third-order valence-electron chi connectivity index (χ3n) is 6.50. The maximum Gasteiger partial charge on any atom is 0.264 e. The van der Waals surface area contributed by atoms with Gasteiger partial charge in [-0.05, 0) is 69.5 Å². The quantitative estimate of drug-likeness (QED) is 0.335. The van der Waals surface area contributed by atoms with Crippen LogP contribution in [-0.2, 0) is 26.2 Å². The van der Waals surface area contributed by atoms with Crippen LogP contribution in [0.25, 0.3) is 0 Å². The number of anilines is 1. The Balaban J connectivity index is 2.09. The van der Waals surface area contributed by atoms with E-state index in [1.54, 1.807) is 30.3 Å². The first-order chi connectivity index (χ1) is 18.5. The number of nitrogens with one attached hydrogen (secondary N) is 1. The predicted molar refractivity (Wildman–Crippen MR) is 156 cm³/mol. The molecule has 3 aromatic carbocycles. The third kappa shape index (κ3) is 7.40. The second-order valence-electron chi connectivity index (χ2n) is 9.59. The van der Waals surface area contributed by atoms with E-state index in [9.17, 15) is 18.0 Å². The molecule has 7 nitrogen and oxygen atoms in total. The average Bonchev–Trinajstić information content (AvgIpc) is 2.89. The summed E-state index contributed by atoms with van der Waals surface area (Å²) in [5.74, 6) is -0.783. The highest BCUT2D eigenvalue weighted by molar-refractivity contribution is 7.92. The fourth-order valence-corrected chi connectivity index (χ4v) is 5.90. The van der Waals surface area contributed by atoms with Crippen molar-refractivity contribution in [1.82, 2.24) is 10.2 Å². The van der Waals surface area contributed by atoms with Crippen molar-refractivity contribution >= 4 is 39.1 Å². The van der Waals surface area contributed by atoms with Gasteiger partial charge >= 0.3 is 0 Å². The largest absolute Gasteiger partial charge is 0.355 e. The molecule has 0 fully saturated rings. The van der Waals surface area contributed by atoms with E-state index >= 15 is 0 Å². The molecule has 0 aromatic heterocycles. The van der Waals surface area contributed by atoms with Crippen molar-refractivity contribution in [3.63, 3.8) is 0 Å². The molecule has 1 atom stereocenters. The van der Waals surface area contributed by atoms with Crippen molar-refractivity contribution in [3.05, 3.63) is 94.0 Å². The van der Waals surface area contributed by atoms with Gasteiger partial charge in [-0.3, -0.25) is 13.9 Å². The van der Waals surface area contributed by atoms with Crippen molar-refractivity contribution in [2.45, 2.75) is 58.5 Å². The highest BCUT2D eigenvalue weighted by Gasteiger charge is 2.33. The topological polar surface area (TPSA) is 86.8 Å². The lowest BCUT2D eigenvalue weighted by Gasteiger charge is -2.33. The monoisotopic (exact) mass is 569 g/mol. The number of sulfonamides is 1. The van der Waals surface area contributed by atoms with Crippen LogP contribution in [0.4, 0.5) is 5.69 Å². The highest BCUT2D eigenvalue weighted by atomic mass is 35.5. The van der Waals surface area contributed by atoms with Crippen LogP contribution in [0, 0.1) is 20.8 Å². The Morgan fingerprint density at radius 3 is 2.21 bits per heavy atom. The smallest absolute Gasteiger partial charge is 0.264 e. The van der Waals surface area contributed by atoms with Gasteiger partial charge in [-0.25, -0.2) is 8.42 Å². The Kier molecular flexibility index (Phi) is 10.2. The molecule has 0 aliphatic rings. The van der Waals surface area contributed by atoms with Gasteiger partial charge in [0.05, 0.1) is 10.6 Å². The van der Waals surface area contributed by atoms with Crippen LogP contribution in [-0.4, -0.2) is 44.3 Å². The van der Waals surface area contributed by atoms with Gasteiger partial charge < -0.3 is 10.2 Å². The van der Waals surface area contributed by atoms with Gasteiger partial charge in [0.2, 0.25) is 11.8 Å². The summed E-state index contributed by atoms with van der Waals surface area (Å²) in [7, 11) is -4.14. The molecule has 0 aliphatic carbocycles. The summed E-state index contributed by atoms with van der Waals surface area (Å²) in [6.45, 7) is 9.35. The van der Waals surface area contributed by atoms with E-state index in [4.69, 9.17) is 11.6 Å². The number of carbonyl (C=O) groups excluding carboxylic acids is 2. The number of carbonyl (C=O) groups is 2. The van der Waals surface area contributed by atoms with Crippen molar-refractivity contribution in [2.75, 3.05) is 17.4 Å². The van der Waals surface area contributed by atoms with Crippen LogP contribution in [0.15, 0.2) is 71.6 Å². The van der Waals surface area contributed by atoms with Crippen LogP contribution < -0.4 is 9.62 Å². The van der Waals surface area contributed by atoms with Gasteiger partial charge in [0.1, 0.15) is 12.6 Å². The molecule has 0 spiro atoms. The van der Waals surface area contributed by atoms with Crippen molar-refractivity contribution < 1.29 is 18.0 Å². The van der Waals surface area contributed by atoms with Crippen molar-refractivity contribution in [3.8, 4) is 0 Å². The van der Waals surface area contributed by atoms with Gasteiger partial charge in [0.25, 0.3) is 10.0 Å². The van der Waals surface area contributed by atoms with E-state index in [-0.39, 0.29) is 23.0 Å². The summed E-state index contributed by atoms with van der Waals surface area (Å²) >= 11 is 6.38. The van der Waals surface area contributed by atoms with Gasteiger partial charge in [0, 0.05) is 18.1 Å². The molecule has 3 aromatic rings. The summed E-state index contributed by atoms with van der Waals surface area (Å²) in [6.07, 6.45) is 0.366. The summed E-state index contributed by atoms with van der Waals surface area (Å²) in [5, 5.41) is 3.19. The number of aryl methyl sites for hydroxylation is 3. The Morgan fingerprint density at radius 1 is 0.923 bits per heavy atom. The first kappa shape index (κ1) is 30.2. The zero-order chi connectivity index (χ0) is 28.7. The van der Waals surface area contributed by atoms with Gasteiger partial charge in [-0.2, -0.15) is 0 Å². The summed E-state index contributed by atoms with van der Waals surface area (Å²) in [6, 6.07) is 18.3. The molecular weight excluding hydrogens is 534 g/mol. The minimum absolute atomic E-state index is 0.0543. The number of halogens is 1. The van der Waals surface area contributed by atoms with E-state index in [1.807, 2.05) is 58.9 Å². The normalized spacial score (nSPS) is 12.1. The van der Waals surface area contributed by atoms with E-state index in [0.717, 1.165) is 26.6 Å². The SMILES string of the molecule is CCNC(=O)[C@H](CC)N(Cc1cccc(C)c1)C(=O)CN(c1ccc(C)c(Cl)c1)S(=O)(=O)c1ccc(C)cc1. The van der Waals surface area contributed by atoms with Gasteiger partial charge in [0.15, 0.2) is 0 Å². The Hall–Kier alpha value is -3.36. The molecule has 0 saturated carbocycles. The summed E-state index contributed by atoms with van der Waals surface area (Å²) in [5.41, 5.74) is 3.82. The Bertz CT molecular complexity index is 1420. The molecule has 1 N–H and O–H groups in total. The van der Waals surface area contributed by atoms with Crippen LogP contribution in [0.5, 0.6) is 0 Å². The number of nitrogens with zero attached hydrogens (tertiary/aromatic N) is 2. The molecule has 208 valence electrons. The zero-order valence-corrected chi connectivity index (χ0v) is 24.6. The maximum atomic E-state index is 14.0. The average molecular weight is 570 g/mol. The molecule has 39 heavy (non-hydrogen) atoms. The second-order valence-corrected chi connectivity index (χ2v) is 11.9. The first-order valence-electron chi connectivity index (χ1n) is 13.0. The van der Waals surface area contributed by atoms with Crippen LogP contribution in [0.3, 0.4) is 0 Å². The third-order valence-corrected chi connectivity index (χ3v) is 8.70. The van der Waals surface area contributed by atoms with Gasteiger partial charge in [-0.1, -0.05) is 72.1 Å². The van der Waals surface area contributed by atoms with Crippen molar-refractivity contribution in [2.24, 2.45) is 0 Å². The number of benzene rings is 3. The first-order valence-corrected chi connectivity index (χ1v) is 14.8.